The van der Waals surface area contributed by atoms with Crippen molar-refractivity contribution in [2.45, 2.75) is 25.4 Å². The van der Waals surface area contributed by atoms with Crippen molar-refractivity contribution in [2.24, 2.45) is 0 Å². The Morgan fingerprint density at radius 1 is 1.65 bits per heavy atom. The van der Waals surface area contributed by atoms with Gasteiger partial charge in [0.25, 0.3) is 0 Å². The number of hydrogen-bond donors (Lipinski definition) is 2. The Balaban J connectivity index is 1.83. The summed E-state index contributed by atoms with van der Waals surface area (Å²) in [6, 6.07) is -0.289. The number of carbonyl (C=O) groups is 2. The van der Waals surface area contributed by atoms with E-state index in [4.69, 9.17) is 11.5 Å². The Morgan fingerprint density at radius 2 is 2.35 bits per heavy atom. The number of aromatic carboxylic acids is 1. The van der Waals surface area contributed by atoms with Crippen molar-refractivity contribution in [3.63, 3.8) is 0 Å². The maximum atomic E-state index is 11.8. The number of rotatable bonds is 4. The minimum atomic E-state index is -1.12. The van der Waals surface area contributed by atoms with Crippen LogP contribution in [0.2, 0.25) is 0 Å². The van der Waals surface area contributed by atoms with Gasteiger partial charge in [-0.25, -0.2) is 14.3 Å². The highest BCUT2D eigenvalue weighted by molar-refractivity contribution is 5.84. The van der Waals surface area contributed by atoms with E-state index in [0.29, 0.717) is 19.5 Å². The summed E-state index contributed by atoms with van der Waals surface area (Å²) in [5.74, 6) is 1.37. The third-order valence-electron chi connectivity index (χ3n) is 3.05. The summed E-state index contributed by atoms with van der Waals surface area (Å²) in [4.78, 5) is 24.1. The summed E-state index contributed by atoms with van der Waals surface area (Å²) in [7, 11) is 0. The SMILES string of the molecule is C#CCC(C)NC(=O)N1CC(n2cc(C(=O)O)nn2)C1. The fourth-order valence-corrected chi connectivity index (χ4v) is 1.87. The second kappa shape index (κ2) is 5.61. The van der Waals surface area contributed by atoms with Crippen molar-refractivity contribution in [2.75, 3.05) is 13.1 Å². The van der Waals surface area contributed by atoms with E-state index in [1.165, 1.54) is 10.9 Å². The summed E-state index contributed by atoms with van der Waals surface area (Å²) < 4.78 is 1.47. The molecule has 2 amide bonds. The average molecular weight is 277 g/mol. The normalized spacial score (nSPS) is 16.1. The van der Waals surface area contributed by atoms with E-state index in [9.17, 15) is 9.59 Å². The number of nitrogens with zero attached hydrogens (tertiary/aromatic N) is 4. The molecule has 8 heteroatoms. The Bertz CT molecular complexity index is 556. The van der Waals surface area contributed by atoms with Crippen LogP contribution in [-0.4, -0.2) is 56.1 Å². The Hall–Kier alpha value is -2.56. The number of hydrogen-bond acceptors (Lipinski definition) is 4. The summed E-state index contributed by atoms with van der Waals surface area (Å²) in [5.41, 5.74) is -0.101. The minimum Gasteiger partial charge on any atom is -0.476 e. The Kier molecular flexibility index (Phi) is 3.89. The predicted molar refractivity (Wildman–Crippen MR) is 69.0 cm³/mol. The molecule has 1 aliphatic rings. The van der Waals surface area contributed by atoms with Gasteiger partial charge in [-0.2, -0.15) is 0 Å². The number of nitrogens with one attached hydrogen (secondary N) is 1. The van der Waals surface area contributed by atoms with E-state index in [1.54, 1.807) is 4.90 Å². The van der Waals surface area contributed by atoms with Crippen molar-refractivity contribution < 1.29 is 14.7 Å². The molecule has 20 heavy (non-hydrogen) atoms. The molecule has 1 unspecified atom stereocenters. The van der Waals surface area contributed by atoms with Crippen LogP contribution in [0, 0.1) is 12.3 Å². The van der Waals surface area contributed by atoms with Crippen LogP contribution < -0.4 is 5.32 Å². The molecule has 1 saturated heterocycles. The van der Waals surface area contributed by atoms with Gasteiger partial charge in [-0.05, 0) is 6.92 Å². The van der Waals surface area contributed by atoms with Gasteiger partial charge in [0.05, 0.1) is 12.2 Å². The molecule has 2 heterocycles. The lowest BCUT2D eigenvalue weighted by Gasteiger charge is -2.39. The number of terminal acetylenes is 1. The molecule has 2 N–H and O–H groups in total. The first-order valence-corrected chi connectivity index (χ1v) is 6.15. The summed E-state index contributed by atoms with van der Waals surface area (Å²) in [5, 5.41) is 18.8. The molecule has 1 aromatic heterocycles. The van der Waals surface area contributed by atoms with E-state index < -0.39 is 5.97 Å². The van der Waals surface area contributed by atoms with Crippen LogP contribution in [-0.2, 0) is 0 Å². The van der Waals surface area contributed by atoms with Gasteiger partial charge in [0.15, 0.2) is 5.69 Å². The van der Waals surface area contributed by atoms with Crippen molar-refractivity contribution in [3.05, 3.63) is 11.9 Å². The highest BCUT2D eigenvalue weighted by atomic mass is 16.4. The topological polar surface area (TPSA) is 100 Å². The molecular weight excluding hydrogens is 262 g/mol. The van der Waals surface area contributed by atoms with Gasteiger partial charge in [-0.1, -0.05) is 5.21 Å². The van der Waals surface area contributed by atoms with Gasteiger partial charge in [0, 0.05) is 25.6 Å². The van der Waals surface area contributed by atoms with E-state index in [2.05, 4.69) is 21.5 Å². The number of urea groups is 1. The van der Waals surface area contributed by atoms with Gasteiger partial charge in [0.1, 0.15) is 0 Å². The molecule has 1 aliphatic heterocycles. The molecule has 0 radical (unpaired) electrons. The second-order valence-electron chi connectivity index (χ2n) is 4.71. The van der Waals surface area contributed by atoms with Crippen LogP contribution in [0.4, 0.5) is 4.79 Å². The zero-order valence-corrected chi connectivity index (χ0v) is 11.0. The van der Waals surface area contributed by atoms with Crippen molar-refractivity contribution in [1.82, 2.24) is 25.2 Å². The number of amides is 2. The molecule has 106 valence electrons. The van der Waals surface area contributed by atoms with E-state index >= 15 is 0 Å². The summed E-state index contributed by atoms with van der Waals surface area (Å²) >= 11 is 0. The lowest BCUT2D eigenvalue weighted by molar-refractivity contribution is 0.0690. The van der Waals surface area contributed by atoms with Gasteiger partial charge >= 0.3 is 12.0 Å². The maximum absolute atomic E-state index is 11.8. The number of carboxylic acid groups (broad SMARTS) is 1. The third-order valence-corrected chi connectivity index (χ3v) is 3.05. The van der Waals surface area contributed by atoms with Gasteiger partial charge in [0.2, 0.25) is 0 Å². The molecule has 0 aromatic carbocycles. The lowest BCUT2D eigenvalue weighted by atomic mass is 10.1. The minimum absolute atomic E-state index is 0.0377. The molecule has 0 spiro atoms. The van der Waals surface area contributed by atoms with Crippen molar-refractivity contribution >= 4 is 12.0 Å². The highest BCUT2D eigenvalue weighted by Gasteiger charge is 2.33. The molecule has 2 rings (SSSR count). The molecule has 8 nitrogen and oxygen atoms in total. The largest absolute Gasteiger partial charge is 0.476 e. The molecule has 1 aromatic rings. The zero-order chi connectivity index (χ0) is 14.7. The highest BCUT2D eigenvalue weighted by Crippen LogP contribution is 2.20. The Morgan fingerprint density at radius 3 is 2.90 bits per heavy atom. The van der Waals surface area contributed by atoms with Gasteiger partial charge < -0.3 is 15.3 Å². The van der Waals surface area contributed by atoms with Crippen LogP contribution in [0.3, 0.4) is 0 Å². The quantitative estimate of drug-likeness (QED) is 0.752. The number of aromatic nitrogens is 3. The first-order valence-electron chi connectivity index (χ1n) is 6.15. The van der Waals surface area contributed by atoms with E-state index in [-0.39, 0.29) is 23.8 Å². The van der Waals surface area contributed by atoms with Gasteiger partial charge in [-0.3, -0.25) is 0 Å². The zero-order valence-electron chi connectivity index (χ0n) is 11.0. The molecular formula is C12H15N5O3. The molecule has 0 aliphatic carbocycles. The predicted octanol–water partition coefficient (Wildman–Crippen LogP) is -0.0456. The molecule has 1 fully saturated rings. The van der Waals surface area contributed by atoms with Crippen LogP contribution in [0.1, 0.15) is 29.9 Å². The fourth-order valence-electron chi connectivity index (χ4n) is 1.87. The fraction of sp³-hybridized carbons (Fsp3) is 0.500. The van der Waals surface area contributed by atoms with Crippen molar-refractivity contribution in [3.8, 4) is 12.3 Å². The maximum Gasteiger partial charge on any atom is 0.358 e. The molecule has 0 saturated carbocycles. The lowest BCUT2D eigenvalue weighted by Crippen LogP contribution is -2.55. The van der Waals surface area contributed by atoms with Crippen LogP contribution in [0.15, 0.2) is 6.20 Å². The van der Waals surface area contributed by atoms with Crippen molar-refractivity contribution in [1.29, 1.82) is 0 Å². The summed E-state index contributed by atoms with van der Waals surface area (Å²) in [6.45, 7) is 2.78. The first-order chi connectivity index (χ1) is 9.51. The van der Waals surface area contributed by atoms with Crippen LogP contribution in [0.25, 0.3) is 0 Å². The second-order valence-corrected chi connectivity index (χ2v) is 4.71. The van der Waals surface area contributed by atoms with E-state index in [0.717, 1.165) is 0 Å². The number of likely N-dealkylation sites (tertiary alicyclic amines) is 1. The first kappa shape index (κ1) is 13.9. The molecule has 0 bridgehead atoms. The van der Waals surface area contributed by atoms with E-state index in [1.807, 2.05) is 6.92 Å². The van der Waals surface area contributed by atoms with Crippen LogP contribution in [0.5, 0.6) is 0 Å². The number of carbonyl (C=O) groups excluding carboxylic acids is 1. The van der Waals surface area contributed by atoms with Crippen LogP contribution >= 0.6 is 0 Å². The third kappa shape index (κ3) is 2.88. The number of carboxylic acids is 1. The Labute approximate surface area is 115 Å². The monoisotopic (exact) mass is 277 g/mol. The molecule has 1 atom stereocenters. The van der Waals surface area contributed by atoms with Gasteiger partial charge in [-0.15, -0.1) is 17.4 Å². The average Bonchev–Trinajstić information content (AvgIpc) is 2.76. The summed E-state index contributed by atoms with van der Waals surface area (Å²) in [6.07, 6.45) is 7.02. The standard InChI is InChI=1S/C12H15N5O3/c1-3-4-8(2)13-12(20)16-5-9(6-16)17-7-10(11(18)19)14-15-17/h1,7-9H,4-6H2,2H3,(H,13,20)(H,18,19). The smallest absolute Gasteiger partial charge is 0.358 e.